The molecule has 1 N–H and O–H groups in total. The molecule has 28 heavy (non-hydrogen) atoms. The molecular weight excluding hydrogens is 393 g/mol. The van der Waals surface area contributed by atoms with E-state index < -0.39 is 23.2 Å². The Morgan fingerprint density at radius 3 is 2.43 bits per heavy atom. The zero-order chi connectivity index (χ0) is 20.3. The molecule has 0 aliphatic rings. The number of amides is 1. The van der Waals surface area contributed by atoms with Crippen molar-refractivity contribution in [3.63, 3.8) is 0 Å². The van der Waals surface area contributed by atoms with Crippen molar-refractivity contribution < 1.29 is 18.0 Å². The number of nitrogens with zero attached hydrogens (tertiary/aromatic N) is 1. The van der Waals surface area contributed by atoms with Crippen LogP contribution in [0.1, 0.15) is 21.5 Å². The molecule has 3 aromatic rings. The Morgan fingerprint density at radius 2 is 1.75 bits per heavy atom. The number of anilines is 1. The van der Waals surface area contributed by atoms with Crippen LogP contribution in [0.2, 0.25) is 5.02 Å². The molecule has 0 unspecified atom stereocenters. The number of rotatable bonds is 4. The van der Waals surface area contributed by atoms with Crippen molar-refractivity contribution in [2.75, 3.05) is 5.32 Å². The molecule has 3 rings (SSSR count). The van der Waals surface area contributed by atoms with Crippen LogP contribution in [0.5, 0.6) is 0 Å². The first-order valence-corrected chi connectivity index (χ1v) is 8.54. The first-order valence-electron chi connectivity index (χ1n) is 8.16. The molecule has 0 saturated heterocycles. The zero-order valence-corrected chi connectivity index (χ0v) is 15.1. The second kappa shape index (κ2) is 7.90. The number of alkyl halides is 3. The fourth-order valence-corrected chi connectivity index (χ4v) is 2.83. The van der Waals surface area contributed by atoms with Crippen LogP contribution >= 0.6 is 11.6 Å². The van der Waals surface area contributed by atoms with Gasteiger partial charge in [-0.05, 0) is 35.9 Å². The van der Waals surface area contributed by atoms with Crippen molar-refractivity contribution in [2.45, 2.75) is 12.7 Å². The number of carbonyl (C=O) groups is 1. The molecule has 0 radical (unpaired) electrons. The van der Waals surface area contributed by atoms with Crippen molar-refractivity contribution in [2.24, 2.45) is 0 Å². The SMILES string of the molecule is O=C(Nc1ccccc1)c1cc(Cl)c(=O)n(Cc2cccc(C(F)(F)F)c2)c1. The molecule has 4 nitrogen and oxygen atoms in total. The van der Waals surface area contributed by atoms with E-state index in [0.717, 1.165) is 16.7 Å². The van der Waals surface area contributed by atoms with Crippen LogP contribution in [0.25, 0.3) is 0 Å². The number of nitrogens with one attached hydrogen (secondary N) is 1. The van der Waals surface area contributed by atoms with Crippen LogP contribution in [0.4, 0.5) is 18.9 Å². The Labute approximate surface area is 163 Å². The van der Waals surface area contributed by atoms with Gasteiger partial charge in [-0.3, -0.25) is 9.59 Å². The van der Waals surface area contributed by atoms with E-state index in [9.17, 15) is 22.8 Å². The Balaban J connectivity index is 1.90. The average Bonchev–Trinajstić information content (AvgIpc) is 2.65. The number of para-hydroxylation sites is 1. The smallest absolute Gasteiger partial charge is 0.322 e. The number of benzene rings is 2. The molecule has 144 valence electrons. The highest BCUT2D eigenvalue weighted by atomic mass is 35.5. The van der Waals surface area contributed by atoms with Crippen LogP contribution < -0.4 is 10.9 Å². The highest BCUT2D eigenvalue weighted by Gasteiger charge is 2.30. The molecule has 0 aliphatic carbocycles. The maximum atomic E-state index is 12.9. The summed E-state index contributed by atoms with van der Waals surface area (Å²) in [5.74, 6) is -0.495. The monoisotopic (exact) mass is 406 g/mol. The summed E-state index contributed by atoms with van der Waals surface area (Å²) in [5, 5.41) is 2.46. The molecule has 1 amide bonds. The third-order valence-corrected chi connectivity index (χ3v) is 4.21. The van der Waals surface area contributed by atoms with Gasteiger partial charge in [-0.1, -0.05) is 41.9 Å². The fraction of sp³-hybridized carbons (Fsp3) is 0.100. The van der Waals surface area contributed by atoms with Gasteiger partial charge < -0.3 is 9.88 Å². The Bertz CT molecular complexity index is 1060. The van der Waals surface area contributed by atoms with Gasteiger partial charge in [0, 0.05) is 11.9 Å². The lowest BCUT2D eigenvalue weighted by atomic mass is 10.1. The topological polar surface area (TPSA) is 51.1 Å². The number of aromatic nitrogens is 1. The number of hydrogen-bond donors (Lipinski definition) is 1. The van der Waals surface area contributed by atoms with E-state index in [-0.39, 0.29) is 22.7 Å². The summed E-state index contributed by atoms with van der Waals surface area (Å²) in [6.45, 7) is -0.158. The molecule has 0 atom stereocenters. The number of pyridine rings is 1. The first-order chi connectivity index (χ1) is 13.2. The number of hydrogen-bond acceptors (Lipinski definition) is 2. The van der Waals surface area contributed by atoms with E-state index >= 15 is 0 Å². The molecule has 8 heteroatoms. The van der Waals surface area contributed by atoms with Crippen LogP contribution in [-0.2, 0) is 12.7 Å². The van der Waals surface area contributed by atoms with Crippen LogP contribution in [0, 0.1) is 0 Å². The van der Waals surface area contributed by atoms with E-state index in [4.69, 9.17) is 11.6 Å². The van der Waals surface area contributed by atoms with E-state index in [2.05, 4.69) is 5.32 Å². The van der Waals surface area contributed by atoms with Gasteiger partial charge in [-0.2, -0.15) is 13.2 Å². The molecule has 0 saturated carbocycles. The van der Waals surface area contributed by atoms with Gasteiger partial charge in [-0.25, -0.2) is 0 Å². The van der Waals surface area contributed by atoms with Crippen LogP contribution in [-0.4, -0.2) is 10.5 Å². The molecule has 0 fully saturated rings. The lowest BCUT2D eigenvalue weighted by Crippen LogP contribution is -2.24. The van der Waals surface area contributed by atoms with Crippen LogP contribution in [0.3, 0.4) is 0 Å². The number of carbonyl (C=O) groups excluding carboxylic acids is 1. The summed E-state index contributed by atoms with van der Waals surface area (Å²) >= 11 is 5.94. The minimum absolute atomic E-state index is 0.112. The van der Waals surface area contributed by atoms with Crippen molar-refractivity contribution in [3.8, 4) is 0 Å². The summed E-state index contributed by atoms with van der Waals surface area (Å²) in [6, 6.07) is 14.5. The van der Waals surface area contributed by atoms with Gasteiger partial charge in [0.25, 0.3) is 11.5 Å². The first kappa shape index (κ1) is 19.7. The third kappa shape index (κ3) is 4.61. The normalized spacial score (nSPS) is 11.3. The quantitative estimate of drug-likeness (QED) is 0.675. The maximum Gasteiger partial charge on any atom is 0.416 e. The lowest BCUT2D eigenvalue weighted by molar-refractivity contribution is -0.137. The predicted octanol–water partition coefficient (Wildman–Crippen LogP) is 4.82. The Kier molecular flexibility index (Phi) is 5.56. The summed E-state index contributed by atoms with van der Waals surface area (Å²) in [7, 11) is 0. The highest BCUT2D eigenvalue weighted by molar-refractivity contribution is 6.30. The Hall–Kier alpha value is -3.06. The average molecular weight is 407 g/mol. The van der Waals surface area contributed by atoms with Gasteiger partial charge in [0.1, 0.15) is 5.02 Å². The molecular formula is C20H14ClF3N2O2. The summed E-state index contributed by atoms with van der Waals surface area (Å²) < 4.78 is 39.8. The lowest BCUT2D eigenvalue weighted by Gasteiger charge is -2.12. The van der Waals surface area contributed by atoms with Gasteiger partial charge in [-0.15, -0.1) is 0 Å². The van der Waals surface area contributed by atoms with Crippen molar-refractivity contribution in [3.05, 3.63) is 98.9 Å². The van der Waals surface area contributed by atoms with Gasteiger partial charge in [0.15, 0.2) is 0 Å². The molecule has 0 bridgehead atoms. The largest absolute Gasteiger partial charge is 0.416 e. The minimum Gasteiger partial charge on any atom is -0.322 e. The maximum absolute atomic E-state index is 12.9. The molecule has 2 aromatic carbocycles. The van der Waals surface area contributed by atoms with Crippen molar-refractivity contribution in [1.82, 2.24) is 4.57 Å². The third-order valence-electron chi connectivity index (χ3n) is 3.94. The predicted molar refractivity (Wildman–Crippen MR) is 101 cm³/mol. The van der Waals surface area contributed by atoms with E-state index in [1.807, 2.05) is 0 Å². The molecule has 1 aromatic heterocycles. The van der Waals surface area contributed by atoms with Crippen molar-refractivity contribution >= 4 is 23.2 Å². The van der Waals surface area contributed by atoms with Crippen molar-refractivity contribution in [1.29, 1.82) is 0 Å². The molecule has 0 aliphatic heterocycles. The summed E-state index contributed by atoms with van der Waals surface area (Å²) in [4.78, 5) is 24.7. The second-order valence-electron chi connectivity index (χ2n) is 6.03. The zero-order valence-electron chi connectivity index (χ0n) is 14.3. The summed E-state index contributed by atoms with van der Waals surface area (Å²) in [6.07, 6.45) is -3.22. The number of halogens is 4. The van der Waals surface area contributed by atoms with E-state index in [0.29, 0.717) is 5.69 Å². The van der Waals surface area contributed by atoms with Crippen LogP contribution in [0.15, 0.2) is 71.7 Å². The second-order valence-corrected chi connectivity index (χ2v) is 6.44. The van der Waals surface area contributed by atoms with Gasteiger partial charge >= 0.3 is 6.18 Å². The van der Waals surface area contributed by atoms with Gasteiger partial charge in [0.05, 0.1) is 17.7 Å². The molecule has 1 heterocycles. The molecule has 0 spiro atoms. The van der Waals surface area contributed by atoms with E-state index in [1.54, 1.807) is 30.3 Å². The highest BCUT2D eigenvalue weighted by Crippen LogP contribution is 2.29. The Morgan fingerprint density at radius 1 is 1.04 bits per heavy atom. The fourth-order valence-electron chi connectivity index (χ4n) is 2.61. The standard InChI is InChI=1S/C20H14ClF3N2O2/c21-17-10-14(18(27)25-16-7-2-1-3-8-16)12-26(19(17)28)11-13-5-4-6-15(9-13)20(22,23)24/h1-10,12H,11H2,(H,25,27). The van der Waals surface area contributed by atoms with E-state index in [1.165, 1.54) is 24.4 Å². The van der Waals surface area contributed by atoms with Gasteiger partial charge in [0.2, 0.25) is 0 Å². The minimum atomic E-state index is -4.49. The summed E-state index contributed by atoms with van der Waals surface area (Å²) in [5.41, 5.74) is -0.495.